The van der Waals surface area contributed by atoms with Crippen molar-refractivity contribution in [2.75, 3.05) is 26.6 Å². The van der Waals surface area contributed by atoms with E-state index >= 15 is 0 Å². The van der Waals surface area contributed by atoms with Gasteiger partial charge in [0.25, 0.3) is 0 Å². The van der Waals surface area contributed by atoms with E-state index in [0.29, 0.717) is 0 Å². The zero-order valence-corrected chi connectivity index (χ0v) is 16.5. The fourth-order valence-corrected chi connectivity index (χ4v) is 76.4. The molecule has 0 aliphatic rings. The van der Waals surface area contributed by atoms with Gasteiger partial charge in [0.15, 0.2) is 0 Å². The molecule has 0 saturated heterocycles. The topological polar surface area (TPSA) is 0 Å². The van der Waals surface area contributed by atoms with Crippen LogP contribution in [0.2, 0.25) is 0 Å². The second-order valence-corrected chi connectivity index (χ2v) is 39.4. The van der Waals surface area contributed by atoms with Crippen LogP contribution < -0.4 is 34.1 Å². The summed E-state index contributed by atoms with van der Waals surface area (Å²) in [5.41, 5.74) is 0. The molecule has 0 fully saturated rings. The first-order chi connectivity index (χ1) is 7.07. The van der Waals surface area contributed by atoms with Gasteiger partial charge in [-0.15, -0.1) is 0 Å². The van der Waals surface area contributed by atoms with Crippen LogP contribution in [0, 0.1) is 0 Å². The van der Waals surface area contributed by atoms with Crippen LogP contribution in [-0.2, 0) is 0 Å². The molecule has 0 spiro atoms. The van der Waals surface area contributed by atoms with Crippen molar-refractivity contribution in [2.24, 2.45) is 0 Å². The molecular weight excluding hydrogens is 430 g/mol. The van der Waals surface area contributed by atoms with Gasteiger partial charge >= 0.3 is 108 Å². The van der Waals surface area contributed by atoms with Crippen molar-refractivity contribution in [3.8, 4) is 0 Å². The molecule has 0 rings (SSSR count). The van der Waals surface area contributed by atoms with Gasteiger partial charge in [-0.3, -0.25) is 0 Å². The average Bonchev–Trinajstić information content (AvgIpc) is 2.33. The molecule has 0 heterocycles. The molecule has 100 valence electrons. The summed E-state index contributed by atoms with van der Waals surface area (Å²) in [7, 11) is 0. The minimum absolute atomic E-state index is 1.37. The van der Waals surface area contributed by atoms with Crippen LogP contribution in [0.1, 0.15) is 41.5 Å². The van der Waals surface area contributed by atoms with Crippen molar-refractivity contribution >= 4 is 6.10 Å². The standard InChI is InChI=1S/C12H30I2S/c1-7-13(8-2,9-3)15-14(10-4,11-5)12-6/h7-12H2,1-6H3/q-2. The molecule has 0 N–H and O–H groups in total. The van der Waals surface area contributed by atoms with E-state index in [1.807, 2.05) is 0 Å². The second-order valence-electron chi connectivity index (χ2n) is 3.45. The molecule has 0 aromatic rings. The Balaban J connectivity index is 4.74. The Kier molecular flexibility index (Phi) is 8.97. The molecule has 0 atom stereocenters. The number of hydrogen-bond donors (Lipinski definition) is 0. The first-order valence-corrected chi connectivity index (χ1v) is 21.2. The number of halogens is 2. The summed E-state index contributed by atoms with van der Waals surface area (Å²) >= 11 is -2.74. The zero-order chi connectivity index (χ0) is 11.9. The van der Waals surface area contributed by atoms with Crippen molar-refractivity contribution in [3.05, 3.63) is 0 Å². The van der Waals surface area contributed by atoms with Crippen molar-refractivity contribution < 1.29 is 34.1 Å². The van der Waals surface area contributed by atoms with Crippen molar-refractivity contribution in [2.45, 2.75) is 41.5 Å². The third-order valence-electron chi connectivity index (χ3n) is 3.17. The van der Waals surface area contributed by atoms with Gasteiger partial charge in [0.05, 0.1) is 0 Å². The monoisotopic (exact) mass is 460 g/mol. The number of hydrogen-bond acceptors (Lipinski definition) is 1. The molecule has 0 saturated carbocycles. The van der Waals surface area contributed by atoms with E-state index in [4.69, 9.17) is 0 Å². The van der Waals surface area contributed by atoms with Crippen LogP contribution >= 0.6 is 6.10 Å². The Morgan fingerprint density at radius 1 is 0.533 bits per heavy atom. The fraction of sp³-hybridized carbons (Fsp3) is 1.00. The van der Waals surface area contributed by atoms with Crippen LogP contribution in [0.15, 0.2) is 0 Å². The van der Waals surface area contributed by atoms with Gasteiger partial charge in [-0.1, -0.05) is 0 Å². The van der Waals surface area contributed by atoms with E-state index in [2.05, 4.69) is 47.6 Å². The molecule has 15 heavy (non-hydrogen) atoms. The molecule has 0 aromatic heterocycles. The maximum absolute atomic E-state index is 2.64. The van der Waals surface area contributed by atoms with Gasteiger partial charge in [-0.2, -0.15) is 0 Å². The van der Waals surface area contributed by atoms with Crippen molar-refractivity contribution in [3.63, 3.8) is 0 Å². The molecule has 0 nitrogen and oxygen atoms in total. The molecular formula is C12H30I2S-2. The molecule has 0 aliphatic heterocycles. The van der Waals surface area contributed by atoms with Crippen LogP contribution in [0.4, 0.5) is 0 Å². The zero-order valence-electron chi connectivity index (χ0n) is 11.4. The van der Waals surface area contributed by atoms with Crippen LogP contribution in [-0.4, -0.2) is 26.6 Å². The Labute approximate surface area is 107 Å². The fourth-order valence-electron chi connectivity index (χ4n) is 1.64. The summed E-state index contributed by atoms with van der Waals surface area (Å²) in [4.78, 5) is 0. The molecule has 3 heteroatoms. The third-order valence-corrected chi connectivity index (χ3v) is 61.8. The normalized spacial score (nSPS) is 15.3. The summed E-state index contributed by atoms with van der Waals surface area (Å²) in [6, 6.07) is 0. The quantitative estimate of drug-likeness (QED) is 0.298. The Morgan fingerprint density at radius 3 is 0.867 bits per heavy atom. The number of alkyl halides is 6. The van der Waals surface area contributed by atoms with E-state index in [0.717, 1.165) is 0 Å². The minimum atomic E-state index is -1.37. The summed E-state index contributed by atoms with van der Waals surface area (Å²) in [5.74, 6) is 0. The van der Waals surface area contributed by atoms with E-state index in [1.165, 1.54) is 26.6 Å². The van der Waals surface area contributed by atoms with E-state index in [-0.39, 0.29) is 0 Å². The summed E-state index contributed by atoms with van der Waals surface area (Å²) in [5, 5.41) is 0. The molecule has 0 unspecified atom stereocenters. The van der Waals surface area contributed by atoms with Gasteiger partial charge in [-0.05, 0) is 0 Å². The van der Waals surface area contributed by atoms with Crippen LogP contribution in [0.25, 0.3) is 0 Å². The summed E-state index contributed by atoms with van der Waals surface area (Å²) in [6.45, 7) is 14.8. The Morgan fingerprint density at radius 2 is 0.733 bits per heavy atom. The predicted molar refractivity (Wildman–Crippen MR) is 70.8 cm³/mol. The van der Waals surface area contributed by atoms with E-state index in [9.17, 15) is 0 Å². The average molecular weight is 460 g/mol. The molecule has 0 radical (unpaired) electrons. The van der Waals surface area contributed by atoms with Gasteiger partial charge in [-0.25, -0.2) is 0 Å². The summed E-state index contributed by atoms with van der Waals surface area (Å²) < 4.78 is 9.22. The van der Waals surface area contributed by atoms with Gasteiger partial charge in [0.2, 0.25) is 0 Å². The second kappa shape index (κ2) is 8.01. The van der Waals surface area contributed by atoms with Crippen molar-refractivity contribution in [1.29, 1.82) is 0 Å². The maximum atomic E-state index is 2.64. The Hall–Kier alpha value is 1.81. The first-order valence-electron chi connectivity index (χ1n) is 6.15. The van der Waals surface area contributed by atoms with Crippen LogP contribution in [0.3, 0.4) is 0 Å². The molecule has 0 aliphatic carbocycles. The third kappa shape index (κ3) is 4.53. The van der Waals surface area contributed by atoms with Gasteiger partial charge in [0, 0.05) is 0 Å². The van der Waals surface area contributed by atoms with Crippen LogP contribution in [0.5, 0.6) is 0 Å². The summed E-state index contributed by atoms with van der Waals surface area (Å²) in [6.07, 6.45) is 2.64. The van der Waals surface area contributed by atoms with Crippen molar-refractivity contribution in [1.82, 2.24) is 0 Å². The first kappa shape index (κ1) is 16.8. The van der Waals surface area contributed by atoms with E-state index in [1.54, 1.807) is 0 Å². The predicted octanol–water partition coefficient (Wildman–Crippen LogP) is -2.01. The SMILES string of the molecule is CC[I-](CC)(CC)S[I-](CC)(CC)CC. The Bertz CT molecular complexity index is 128. The van der Waals surface area contributed by atoms with Gasteiger partial charge in [0.1, 0.15) is 0 Å². The van der Waals surface area contributed by atoms with E-state index < -0.39 is 34.1 Å². The van der Waals surface area contributed by atoms with Gasteiger partial charge < -0.3 is 0 Å². The molecule has 0 aromatic carbocycles. The molecule has 0 amide bonds. The number of rotatable bonds is 8. The molecule has 0 bridgehead atoms.